The molecule has 2 N–H and O–H groups in total. The number of nitrogens with one attached hydrogen (secondary N) is 1. The molecule has 1 aromatic rings. The summed E-state index contributed by atoms with van der Waals surface area (Å²) in [7, 11) is 0. The first-order valence-electron chi connectivity index (χ1n) is 5.03. The van der Waals surface area contributed by atoms with Gasteiger partial charge in [-0.1, -0.05) is 13.8 Å². The van der Waals surface area contributed by atoms with Crippen LogP contribution in [0.4, 0.5) is 0 Å². The Hall–Kier alpha value is -0.610. The molecular weight excluding hydrogens is 196 g/mol. The fourth-order valence-electron chi connectivity index (χ4n) is 1.47. The van der Waals surface area contributed by atoms with Crippen LogP contribution in [0.2, 0.25) is 0 Å². The summed E-state index contributed by atoms with van der Waals surface area (Å²) in [5.41, 5.74) is 0.874. The van der Waals surface area contributed by atoms with Crippen LogP contribution in [0, 0.1) is 10.7 Å². The van der Waals surface area contributed by atoms with Crippen molar-refractivity contribution >= 4 is 12.2 Å². The summed E-state index contributed by atoms with van der Waals surface area (Å²) in [5, 5.41) is 9.05. The third kappa shape index (κ3) is 2.96. The Bertz CT molecular complexity index is 327. The van der Waals surface area contributed by atoms with Crippen molar-refractivity contribution < 1.29 is 5.11 Å². The van der Waals surface area contributed by atoms with Gasteiger partial charge in [0.25, 0.3) is 0 Å². The van der Waals surface area contributed by atoms with Crippen molar-refractivity contribution in [2.75, 3.05) is 0 Å². The molecule has 4 heteroatoms. The van der Waals surface area contributed by atoms with Gasteiger partial charge in [0.05, 0.1) is 12.3 Å². The summed E-state index contributed by atoms with van der Waals surface area (Å²) < 4.78 is 2.68. The van der Waals surface area contributed by atoms with Crippen LogP contribution in [-0.4, -0.2) is 14.7 Å². The molecule has 0 saturated heterocycles. The van der Waals surface area contributed by atoms with E-state index in [4.69, 9.17) is 17.3 Å². The van der Waals surface area contributed by atoms with Gasteiger partial charge >= 0.3 is 0 Å². The maximum Gasteiger partial charge on any atom is 0.177 e. The summed E-state index contributed by atoms with van der Waals surface area (Å²) in [5.74, 6) is 0.723. The SMILES string of the molecule is CC(C)CCCn1c(CO)c[nH]c1=S. The van der Waals surface area contributed by atoms with Gasteiger partial charge in [-0.15, -0.1) is 0 Å². The Morgan fingerprint density at radius 3 is 2.86 bits per heavy atom. The second-order valence-electron chi connectivity index (χ2n) is 3.93. The molecule has 0 aliphatic rings. The molecule has 1 aromatic heterocycles. The van der Waals surface area contributed by atoms with Crippen LogP contribution in [0.15, 0.2) is 6.20 Å². The average Bonchev–Trinajstić information content (AvgIpc) is 2.47. The fraction of sp³-hybridized carbons (Fsp3) is 0.700. The van der Waals surface area contributed by atoms with Crippen LogP contribution in [0.25, 0.3) is 0 Å². The quantitative estimate of drug-likeness (QED) is 0.739. The largest absolute Gasteiger partial charge is 0.390 e. The fourth-order valence-corrected chi connectivity index (χ4v) is 1.73. The first-order chi connectivity index (χ1) is 6.65. The van der Waals surface area contributed by atoms with E-state index < -0.39 is 0 Å². The predicted molar refractivity (Wildman–Crippen MR) is 59.6 cm³/mol. The third-order valence-corrected chi connectivity index (χ3v) is 2.62. The predicted octanol–water partition coefficient (Wildman–Crippen LogP) is 2.47. The van der Waals surface area contributed by atoms with Crippen LogP contribution in [0.5, 0.6) is 0 Å². The number of nitrogens with zero attached hydrogens (tertiary/aromatic N) is 1. The van der Waals surface area contributed by atoms with Gasteiger partial charge in [-0.2, -0.15) is 0 Å². The normalized spacial score (nSPS) is 11.1. The van der Waals surface area contributed by atoms with Crippen LogP contribution >= 0.6 is 12.2 Å². The number of aromatic amines is 1. The van der Waals surface area contributed by atoms with Gasteiger partial charge < -0.3 is 14.7 Å². The maximum absolute atomic E-state index is 9.05. The molecule has 0 aliphatic carbocycles. The van der Waals surface area contributed by atoms with E-state index in [1.165, 1.54) is 6.42 Å². The summed E-state index contributed by atoms with van der Waals surface area (Å²) in [6.07, 6.45) is 4.08. The molecule has 14 heavy (non-hydrogen) atoms. The van der Waals surface area contributed by atoms with Crippen LogP contribution in [0.3, 0.4) is 0 Å². The first-order valence-corrected chi connectivity index (χ1v) is 5.44. The Morgan fingerprint density at radius 1 is 1.57 bits per heavy atom. The van der Waals surface area contributed by atoms with Gasteiger partial charge in [0.15, 0.2) is 4.77 Å². The van der Waals surface area contributed by atoms with Gasteiger partial charge in [0, 0.05) is 12.7 Å². The van der Waals surface area contributed by atoms with Gasteiger partial charge in [-0.05, 0) is 31.0 Å². The molecule has 1 heterocycles. The lowest BCUT2D eigenvalue weighted by Crippen LogP contribution is -2.04. The maximum atomic E-state index is 9.05. The smallest absolute Gasteiger partial charge is 0.177 e. The Kier molecular flexibility index (Phi) is 4.35. The van der Waals surface area contributed by atoms with E-state index in [9.17, 15) is 0 Å². The number of rotatable bonds is 5. The highest BCUT2D eigenvalue weighted by atomic mass is 32.1. The Morgan fingerprint density at radius 2 is 2.29 bits per heavy atom. The number of hydrogen-bond acceptors (Lipinski definition) is 2. The van der Waals surface area contributed by atoms with Crippen molar-refractivity contribution in [3.8, 4) is 0 Å². The highest BCUT2D eigenvalue weighted by Gasteiger charge is 2.02. The number of aromatic nitrogens is 2. The molecule has 0 spiro atoms. The van der Waals surface area contributed by atoms with Gasteiger partial charge in [-0.3, -0.25) is 0 Å². The number of H-pyrrole nitrogens is 1. The summed E-state index contributed by atoms with van der Waals surface area (Å²) in [6.45, 7) is 5.37. The zero-order valence-corrected chi connectivity index (χ0v) is 9.60. The standard InChI is InChI=1S/C10H18N2OS/c1-8(2)4-3-5-12-9(7-13)6-11-10(12)14/h6,8,13H,3-5,7H2,1-2H3,(H,11,14). The summed E-state index contributed by atoms with van der Waals surface area (Å²) in [4.78, 5) is 2.94. The van der Waals surface area contributed by atoms with Crippen molar-refractivity contribution in [3.63, 3.8) is 0 Å². The number of aliphatic hydroxyl groups excluding tert-OH is 1. The molecule has 1 rings (SSSR count). The van der Waals surface area contributed by atoms with Crippen LogP contribution < -0.4 is 0 Å². The zero-order valence-electron chi connectivity index (χ0n) is 8.79. The minimum Gasteiger partial charge on any atom is -0.390 e. The van der Waals surface area contributed by atoms with E-state index in [2.05, 4.69) is 18.8 Å². The van der Waals surface area contributed by atoms with E-state index >= 15 is 0 Å². The average molecular weight is 214 g/mol. The molecule has 0 radical (unpaired) electrons. The van der Waals surface area contributed by atoms with E-state index in [-0.39, 0.29) is 6.61 Å². The lowest BCUT2D eigenvalue weighted by Gasteiger charge is -2.07. The lowest BCUT2D eigenvalue weighted by molar-refractivity contribution is 0.269. The molecule has 0 fully saturated rings. The van der Waals surface area contributed by atoms with Crippen molar-refractivity contribution in [1.82, 2.24) is 9.55 Å². The lowest BCUT2D eigenvalue weighted by atomic mass is 10.1. The second-order valence-corrected chi connectivity index (χ2v) is 4.32. The summed E-state index contributed by atoms with van der Waals surface area (Å²) in [6, 6.07) is 0. The zero-order chi connectivity index (χ0) is 10.6. The molecule has 0 aromatic carbocycles. The molecule has 80 valence electrons. The van der Waals surface area contributed by atoms with Crippen LogP contribution in [0.1, 0.15) is 32.4 Å². The number of hydrogen-bond donors (Lipinski definition) is 2. The number of imidazole rings is 1. The molecule has 0 aliphatic heterocycles. The monoisotopic (exact) mass is 214 g/mol. The first kappa shape index (κ1) is 11.5. The molecule has 0 amide bonds. The highest BCUT2D eigenvalue weighted by molar-refractivity contribution is 7.71. The second kappa shape index (κ2) is 5.32. The molecule has 3 nitrogen and oxygen atoms in total. The number of aliphatic hydroxyl groups is 1. The van der Waals surface area contributed by atoms with Crippen molar-refractivity contribution in [3.05, 3.63) is 16.7 Å². The Labute approximate surface area is 89.8 Å². The van der Waals surface area contributed by atoms with E-state index in [0.717, 1.165) is 24.6 Å². The molecule has 0 unspecified atom stereocenters. The van der Waals surface area contributed by atoms with E-state index in [0.29, 0.717) is 4.77 Å². The van der Waals surface area contributed by atoms with Crippen molar-refractivity contribution in [1.29, 1.82) is 0 Å². The van der Waals surface area contributed by atoms with Crippen LogP contribution in [-0.2, 0) is 13.2 Å². The van der Waals surface area contributed by atoms with Gasteiger partial charge in [0.2, 0.25) is 0 Å². The minimum atomic E-state index is 0.0504. The topological polar surface area (TPSA) is 41.0 Å². The molecule has 0 saturated carbocycles. The van der Waals surface area contributed by atoms with Crippen molar-refractivity contribution in [2.45, 2.75) is 39.8 Å². The van der Waals surface area contributed by atoms with Gasteiger partial charge in [0.1, 0.15) is 0 Å². The summed E-state index contributed by atoms with van der Waals surface area (Å²) >= 11 is 5.11. The van der Waals surface area contributed by atoms with Crippen molar-refractivity contribution in [2.24, 2.45) is 5.92 Å². The third-order valence-electron chi connectivity index (χ3n) is 2.28. The molecular formula is C10H18N2OS. The van der Waals surface area contributed by atoms with E-state index in [1.807, 2.05) is 4.57 Å². The molecule has 0 bridgehead atoms. The highest BCUT2D eigenvalue weighted by Crippen LogP contribution is 2.08. The van der Waals surface area contributed by atoms with Gasteiger partial charge in [-0.25, -0.2) is 0 Å². The Balaban J connectivity index is 2.57. The minimum absolute atomic E-state index is 0.0504. The van der Waals surface area contributed by atoms with E-state index in [1.54, 1.807) is 6.20 Å². The molecule has 0 atom stereocenters.